The predicted octanol–water partition coefficient (Wildman–Crippen LogP) is 7.45. The summed E-state index contributed by atoms with van der Waals surface area (Å²) in [7, 11) is 0. The molecule has 2 unspecified atom stereocenters. The molecule has 0 N–H and O–H groups in total. The van der Waals surface area contributed by atoms with Crippen LogP contribution in [0.15, 0.2) is 85.0 Å². The lowest BCUT2D eigenvalue weighted by Gasteiger charge is -2.18. The molecule has 4 aromatic rings. The third-order valence-electron chi connectivity index (χ3n) is 7.30. The van der Waals surface area contributed by atoms with E-state index >= 15 is 0 Å². The second kappa shape index (κ2) is 7.00. The van der Waals surface area contributed by atoms with Gasteiger partial charge in [0.2, 0.25) is 0 Å². The number of nitrogens with zero attached hydrogens (tertiary/aromatic N) is 1. The number of ether oxygens (including phenoxy) is 1. The second-order valence-corrected chi connectivity index (χ2v) is 9.12. The minimum Gasteiger partial charge on any atom is -0.488 e. The molecule has 2 atom stereocenters. The number of rotatable bonds is 2. The van der Waals surface area contributed by atoms with Gasteiger partial charge in [-0.1, -0.05) is 66.8 Å². The standard InChI is InChI=1S/C30H25NO/c1-2-9-20(10-3-1)21-11-8-12-22(19-21)31-26-15-6-4-14-25(26)29-27(31)18-17-24-23-13-5-7-16-28(23)32-30(24)29/h1-3,5-6,8-13,15,17-19,23,28H,4,7,14,16H2. The van der Waals surface area contributed by atoms with Gasteiger partial charge in [-0.2, -0.15) is 0 Å². The Morgan fingerprint density at radius 2 is 1.75 bits per heavy atom. The van der Waals surface area contributed by atoms with Gasteiger partial charge in [0, 0.05) is 28.2 Å². The van der Waals surface area contributed by atoms with Crippen molar-refractivity contribution in [1.82, 2.24) is 4.57 Å². The minimum atomic E-state index is 0.292. The van der Waals surface area contributed by atoms with Crippen LogP contribution in [0.5, 0.6) is 5.75 Å². The van der Waals surface area contributed by atoms with Gasteiger partial charge in [0.25, 0.3) is 0 Å². The molecule has 3 aliphatic rings. The Bertz CT molecular complexity index is 1410. The van der Waals surface area contributed by atoms with Gasteiger partial charge in [-0.3, -0.25) is 0 Å². The van der Waals surface area contributed by atoms with E-state index in [1.807, 2.05) is 0 Å². The van der Waals surface area contributed by atoms with E-state index in [9.17, 15) is 0 Å². The molecular weight excluding hydrogens is 390 g/mol. The van der Waals surface area contributed by atoms with E-state index in [0.717, 1.165) is 31.4 Å². The Morgan fingerprint density at radius 1 is 0.844 bits per heavy atom. The van der Waals surface area contributed by atoms with Crippen LogP contribution in [0.25, 0.3) is 33.8 Å². The van der Waals surface area contributed by atoms with E-state index in [-0.39, 0.29) is 0 Å². The van der Waals surface area contributed by atoms with E-state index in [4.69, 9.17) is 4.74 Å². The van der Waals surface area contributed by atoms with Crippen LogP contribution in [-0.4, -0.2) is 10.7 Å². The van der Waals surface area contributed by atoms with E-state index in [1.165, 1.54) is 44.5 Å². The summed E-state index contributed by atoms with van der Waals surface area (Å²) in [6.07, 6.45) is 14.0. The van der Waals surface area contributed by atoms with Gasteiger partial charge >= 0.3 is 0 Å². The van der Waals surface area contributed by atoms with E-state index in [2.05, 4.69) is 95.6 Å². The second-order valence-electron chi connectivity index (χ2n) is 9.12. The summed E-state index contributed by atoms with van der Waals surface area (Å²) in [5.41, 5.74) is 9.06. The number of hydrogen-bond donors (Lipinski definition) is 0. The van der Waals surface area contributed by atoms with Crippen molar-refractivity contribution in [3.63, 3.8) is 0 Å². The Labute approximate surface area is 188 Å². The highest BCUT2D eigenvalue weighted by atomic mass is 16.5. The number of aromatic nitrogens is 1. The van der Waals surface area contributed by atoms with Crippen molar-refractivity contribution in [2.75, 3.05) is 0 Å². The van der Waals surface area contributed by atoms with Crippen LogP contribution < -0.4 is 4.74 Å². The molecule has 0 spiro atoms. The van der Waals surface area contributed by atoms with Crippen molar-refractivity contribution >= 4 is 17.0 Å². The summed E-state index contributed by atoms with van der Waals surface area (Å²) in [5.74, 6) is 1.54. The molecular formula is C30H25NO. The molecule has 0 fully saturated rings. The zero-order valence-corrected chi connectivity index (χ0v) is 18.0. The van der Waals surface area contributed by atoms with Gasteiger partial charge in [-0.25, -0.2) is 0 Å². The molecule has 2 nitrogen and oxygen atoms in total. The summed E-state index contributed by atoms with van der Waals surface area (Å²) < 4.78 is 9.08. The van der Waals surface area contributed by atoms with Crippen molar-refractivity contribution in [2.24, 2.45) is 0 Å². The maximum absolute atomic E-state index is 6.64. The monoisotopic (exact) mass is 415 g/mol. The van der Waals surface area contributed by atoms with Crippen LogP contribution in [0.1, 0.15) is 42.0 Å². The van der Waals surface area contributed by atoms with Gasteiger partial charge in [-0.15, -0.1) is 0 Å². The summed E-state index contributed by atoms with van der Waals surface area (Å²) in [6.45, 7) is 0. The van der Waals surface area contributed by atoms with Gasteiger partial charge in [0.15, 0.2) is 0 Å². The Morgan fingerprint density at radius 3 is 2.69 bits per heavy atom. The maximum atomic E-state index is 6.64. The lowest BCUT2D eigenvalue weighted by Crippen LogP contribution is -2.19. The highest BCUT2D eigenvalue weighted by Gasteiger charge is 2.36. The van der Waals surface area contributed by atoms with Crippen molar-refractivity contribution in [3.8, 4) is 22.6 Å². The molecule has 1 aromatic heterocycles. The van der Waals surface area contributed by atoms with Gasteiger partial charge in [0.1, 0.15) is 11.9 Å². The number of allylic oxidation sites excluding steroid dienone is 2. The topological polar surface area (TPSA) is 14.2 Å². The first kappa shape index (κ1) is 18.1. The normalized spacial score (nSPS) is 20.6. The predicted molar refractivity (Wildman–Crippen MR) is 132 cm³/mol. The zero-order valence-electron chi connectivity index (χ0n) is 18.0. The van der Waals surface area contributed by atoms with E-state index in [1.54, 1.807) is 0 Å². The van der Waals surface area contributed by atoms with Crippen LogP contribution in [0.4, 0.5) is 0 Å². The largest absolute Gasteiger partial charge is 0.488 e. The molecule has 2 heterocycles. The highest BCUT2D eigenvalue weighted by molar-refractivity contribution is 5.97. The third-order valence-corrected chi connectivity index (χ3v) is 7.30. The molecule has 1 aliphatic heterocycles. The van der Waals surface area contributed by atoms with Gasteiger partial charge in [-0.05, 0) is 66.6 Å². The molecule has 32 heavy (non-hydrogen) atoms. The van der Waals surface area contributed by atoms with Crippen LogP contribution in [0.2, 0.25) is 0 Å². The maximum Gasteiger partial charge on any atom is 0.133 e. The fraction of sp³-hybridized carbons (Fsp3) is 0.200. The van der Waals surface area contributed by atoms with E-state index in [0.29, 0.717) is 12.0 Å². The van der Waals surface area contributed by atoms with Crippen molar-refractivity contribution in [1.29, 1.82) is 0 Å². The number of aryl methyl sites for hydroxylation is 1. The lowest BCUT2D eigenvalue weighted by atomic mass is 9.88. The van der Waals surface area contributed by atoms with Gasteiger partial charge < -0.3 is 9.30 Å². The SMILES string of the molecule is C1=Cc2c(c3c4c(ccc3n2-c2cccc(-c3ccccc3)c2)C2C=CCCC2O4)CC1. The number of benzene rings is 3. The Kier molecular flexibility index (Phi) is 3.96. The highest BCUT2D eigenvalue weighted by Crippen LogP contribution is 2.49. The molecule has 0 saturated carbocycles. The van der Waals surface area contributed by atoms with E-state index < -0.39 is 0 Å². The average molecular weight is 416 g/mol. The molecule has 0 radical (unpaired) electrons. The molecule has 7 rings (SSSR count). The summed E-state index contributed by atoms with van der Waals surface area (Å²) in [6, 6.07) is 24.2. The molecule has 0 amide bonds. The number of fused-ring (bicyclic) bond motifs is 7. The first-order valence-electron chi connectivity index (χ1n) is 11.7. The average Bonchev–Trinajstić information content (AvgIpc) is 3.40. The third kappa shape index (κ3) is 2.59. The molecule has 2 aliphatic carbocycles. The summed E-state index contributed by atoms with van der Waals surface area (Å²) in [5, 5.41) is 1.33. The van der Waals surface area contributed by atoms with Crippen molar-refractivity contribution < 1.29 is 4.74 Å². The molecule has 0 saturated heterocycles. The van der Waals surface area contributed by atoms with Crippen LogP contribution in [-0.2, 0) is 6.42 Å². The van der Waals surface area contributed by atoms with Crippen LogP contribution >= 0.6 is 0 Å². The van der Waals surface area contributed by atoms with Crippen LogP contribution in [0.3, 0.4) is 0 Å². The minimum absolute atomic E-state index is 0.292. The molecule has 0 bridgehead atoms. The fourth-order valence-electron chi connectivity index (χ4n) is 5.83. The molecule has 3 aromatic carbocycles. The summed E-state index contributed by atoms with van der Waals surface area (Å²) >= 11 is 0. The van der Waals surface area contributed by atoms with Crippen LogP contribution in [0, 0.1) is 0 Å². The Hall–Kier alpha value is -3.52. The number of hydrogen-bond acceptors (Lipinski definition) is 1. The fourth-order valence-corrected chi connectivity index (χ4v) is 5.83. The smallest absolute Gasteiger partial charge is 0.133 e. The summed E-state index contributed by atoms with van der Waals surface area (Å²) in [4.78, 5) is 0. The first-order chi connectivity index (χ1) is 15.9. The van der Waals surface area contributed by atoms with Crippen molar-refractivity contribution in [3.05, 3.63) is 102 Å². The molecule has 2 heteroatoms. The zero-order chi connectivity index (χ0) is 21.1. The quantitative estimate of drug-likeness (QED) is 0.310. The molecule has 156 valence electrons. The lowest BCUT2D eigenvalue weighted by molar-refractivity contribution is 0.206. The van der Waals surface area contributed by atoms with Gasteiger partial charge in [0.05, 0.1) is 5.52 Å². The Balaban J connectivity index is 1.47. The first-order valence-corrected chi connectivity index (χ1v) is 11.7. The van der Waals surface area contributed by atoms with Crippen molar-refractivity contribution in [2.45, 2.75) is 37.7 Å².